The molecule has 0 spiro atoms. The number of amides is 2. The van der Waals surface area contributed by atoms with Crippen molar-refractivity contribution in [2.75, 3.05) is 19.7 Å². The normalized spacial score (nSPS) is 16.1. The molecule has 1 aromatic rings. The maximum absolute atomic E-state index is 12.3. The highest BCUT2D eigenvalue weighted by atomic mass is 35.5. The van der Waals surface area contributed by atoms with Crippen molar-refractivity contribution in [1.82, 2.24) is 10.2 Å². The third-order valence-electron chi connectivity index (χ3n) is 4.55. The molecule has 0 bridgehead atoms. The number of ether oxygens (including phenoxy) is 2. The zero-order chi connectivity index (χ0) is 21.6. The second-order valence-corrected chi connectivity index (χ2v) is 8.63. The monoisotopic (exact) mass is 424 g/mol. The van der Waals surface area contributed by atoms with Crippen molar-refractivity contribution >= 4 is 29.6 Å². The summed E-state index contributed by atoms with van der Waals surface area (Å²) >= 11 is 5.96. The van der Waals surface area contributed by atoms with Gasteiger partial charge in [-0.05, 0) is 58.2 Å². The first kappa shape index (κ1) is 23.0. The van der Waals surface area contributed by atoms with E-state index in [9.17, 15) is 14.4 Å². The Bertz CT molecular complexity index is 739. The van der Waals surface area contributed by atoms with Crippen molar-refractivity contribution in [2.45, 2.75) is 52.2 Å². The van der Waals surface area contributed by atoms with E-state index in [4.69, 9.17) is 21.1 Å². The van der Waals surface area contributed by atoms with E-state index in [0.717, 1.165) is 5.56 Å². The van der Waals surface area contributed by atoms with E-state index >= 15 is 0 Å². The van der Waals surface area contributed by atoms with Crippen molar-refractivity contribution in [2.24, 2.45) is 5.92 Å². The molecule has 1 aromatic carbocycles. The summed E-state index contributed by atoms with van der Waals surface area (Å²) in [7, 11) is 0. The van der Waals surface area contributed by atoms with Crippen LogP contribution in [0.4, 0.5) is 4.79 Å². The molecule has 2 amide bonds. The number of nitrogens with one attached hydrogen (secondary N) is 1. The Hall–Kier alpha value is -2.28. The fraction of sp³-hybridized carbons (Fsp3) is 0.571. The minimum atomic E-state index is -0.553. The van der Waals surface area contributed by atoms with E-state index in [1.54, 1.807) is 17.0 Å². The van der Waals surface area contributed by atoms with Gasteiger partial charge in [0.2, 0.25) is 0 Å². The van der Waals surface area contributed by atoms with Crippen LogP contribution in [0.1, 0.15) is 52.1 Å². The van der Waals surface area contributed by atoms with E-state index in [2.05, 4.69) is 5.32 Å². The summed E-state index contributed by atoms with van der Waals surface area (Å²) in [5, 5.41) is 3.37. The van der Waals surface area contributed by atoms with E-state index < -0.39 is 11.6 Å². The summed E-state index contributed by atoms with van der Waals surface area (Å²) in [4.78, 5) is 38.0. The molecule has 160 valence electrons. The lowest BCUT2D eigenvalue weighted by Crippen LogP contribution is -2.43. The SMILES string of the molecule is C[C@H](NC(=O)COC(=O)C1CCN(C(=O)OC(C)(C)C)CC1)c1cccc(Cl)c1. The Morgan fingerprint density at radius 1 is 1.24 bits per heavy atom. The zero-order valence-electron chi connectivity index (χ0n) is 17.4. The molecule has 2 rings (SSSR count). The van der Waals surface area contributed by atoms with Crippen LogP contribution in [0, 0.1) is 5.92 Å². The summed E-state index contributed by atoms with van der Waals surface area (Å²) < 4.78 is 10.5. The van der Waals surface area contributed by atoms with Crippen LogP contribution in [0.2, 0.25) is 5.02 Å². The molecule has 7 nitrogen and oxygen atoms in total. The molecule has 1 N–H and O–H groups in total. The molecule has 1 atom stereocenters. The topological polar surface area (TPSA) is 84.9 Å². The Morgan fingerprint density at radius 3 is 2.48 bits per heavy atom. The molecule has 1 fully saturated rings. The van der Waals surface area contributed by atoms with Crippen LogP contribution in [0.25, 0.3) is 0 Å². The molecular formula is C21H29ClN2O5. The lowest BCUT2D eigenvalue weighted by Gasteiger charge is -2.32. The molecule has 0 radical (unpaired) electrons. The Kier molecular flexibility index (Phi) is 7.90. The maximum Gasteiger partial charge on any atom is 0.410 e. The van der Waals surface area contributed by atoms with Gasteiger partial charge in [-0.2, -0.15) is 0 Å². The van der Waals surface area contributed by atoms with Crippen LogP contribution in [0.5, 0.6) is 0 Å². The maximum atomic E-state index is 12.3. The number of carbonyl (C=O) groups is 3. The van der Waals surface area contributed by atoms with Crippen molar-refractivity contribution < 1.29 is 23.9 Å². The van der Waals surface area contributed by atoms with Gasteiger partial charge in [-0.15, -0.1) is 0 Å². The van der Waals surface area contributed by atoms with Crippen molar-refractivity contribution in [3.63, 3.8) is 0 Å². The standard InChI is InChI=1S/C21H29ClN2O5/c1-14(16-6-5-7-17(22)12-16)23-18(25)13-28-19(26)15-8-10-24(11-9-15)20(27)29-21(2,3)4/h5-7,12,14-15H,8-11,13H2,1-4H3,(H,23,25)/t14-/m0/s1. The van der Waals surface area contributed by atoms with Gasteiger partial charge in [-0.3, -0.25) is 9.59 Å². The molecule has 0 saturated carbocycles. The lowest BCUT2D eigenvalue weighted by molar-refractivity contribution is -0.154. The quantitative estimate of drug-likeness (QED) is 0.728. The minimum Gasteiger partial charge on any atom is -0.455 e. The van der Waals surface area contributed by atoms with Crippen LogP contribution in [0.15, 0.2) is 24.3 Å². The zero-order valence-corrected chi connectivity index (χ0v) is 18.1. The largest absolute Gasteiger partial charge is 0.455 e. The number of rotatable bonds is 5. The van der Waals surface area contributed by atoms with Crippen LogP contribution in [-0.4, -0.2) is 48.2 Å². The number of likely N-dealkylation sites (tertiary alicyclic amines) is 1. The number of hydrogen-bond donors (Lipinski definition) is 1. The molecule has 1 aliphatic heterocycles. The number of hydrogen-bond acceptors (Lipinski definition) is 5. The molecule has 1 aliphatic rings. The molecule has 8 heteroatoms. The molecule has 0 aliphatic carbocycles. The predicted octanol–water partition coefficient (Wildman–Crippen LogP) is 3.71. The molecule has 1 saturated heterocycles. The van der Waals surface area contributed by atoms with Crippen LogP contribution in [-0.2, 0) is 19.1 Å². The second kappa shape index (κ2) is 9.96. The number of esters is 1. The van der Waals surface area contributed by atoms with Gasteiger partial charge >= 0.3 is 12.1 Å². The Morgan fingerprint density at radius 2 is 1.90 bits per heavy atom. The van der Waals surface area contributed by atoms with Crippen LogP contribution in [0.3, 0.4) is 0 Å². The summed E-state index contributed by atoms with van der Waals surface area (Å²) in [5.41, 5.74) is 0.314. The summed E-state index contributed by atoms with van der Waals surface area (Å²) in [6.45, 7) is 7.78. The minimum absolute atomic E-state index is 0.253. The van der Waals surface area contributed by atoms with Crippen LogP contribution >= 0.6 is 11.6 Å². The van der Waals surface area contributed by atoms with Crippen LogP contribution < -0.4 is 5.32 Å². The molecule has 0 unspecified atom stereocenters. The van der Waals surface area contributed by atoms with Crippen molar-refractivity contribution in [3.05, 3.63) is 34.9 Å². The average molecular weight is 425 g/mol. The van der Waals surface area contributed by atoms with Gasteiger partial charge in [0.25, 0.3) is 5.91 Å². The third-order valence-corrected chi connectivity index (χ3v) is 4.79. The highest BCUT2D eigenvalue weighted by Crippen LogP contribution is 2.21. The second-order valence-electron chi connectivity index (χ2n) is 8.19. The summed E-state index contributed by atoms with van der Waals surface area (Å²) in [6.07, 6.45) is 0.593. The first-order valence-corrected chi connectivity index (χ1v) is 10.1. The van der Waals surface area contributed by atoms with Crippen molar-refractivity contribution in [1.29, 1.82) is 0 Å². The van der Waals surface area contributed by atoms with E-state index in [1.165, 1.54) is 0 Å². The number of nitrogens with zero attached hydrogens (tertiary/aromatic N) is 1. The van der Waals surface area contributed by atoms with Gasteiger partial charge in [0.15, 0.2) is 6.61 Å². The number of carbonyl (C=O) groups excluding carboxylic acids is 3. The fourth-order valence-electron chi connectivity index (χ4n) is 3.02. The summed E-state index contributed by atoms with van der Waals surface area (Å²) in [6, 6.07) is 6.95. The lowest BCUT2D eigenvalue weighted by atomic mass is 9.97. The van der Waals surface area contributed by atoms with Gasteiger partial charge in [0, 0.05) is 18.1 Å². The number of halogens is 1. The molecular weight excluding hydrogens is 396 g/mol. The van der Waals surface area contributed by atoms with Crippen molar-refractivity contribution in [3.8, 4) is 0 Å². The first-order valence-electron chi connectivity index (χ1n) is 9.74. The summed E-state index contributed by atoms with van der Waals surface area (Å²) in [5.74, 6) is -1.12. The third kappa shape index (κ3) is 7.57. The fourth-order valence-corrected chi connectivity index (χ4v) is 3.22. The van der Waals surface area contributed by atoms with E-state index in [0.29, 0.717) is 31.0 Å². The highest BCUT2D eigenvalue weighted by Gasteiger charge is 2.31. The Labute approximate surface area is 176 Å². The first-order chi connectivity index (χ1) is 13.5. The number of benzene rings is 1. The van der Waals surface area contributed by atoms with Gasteiger partial charge in [0.1, 0.15) is 5.60 Å². The van der Waals surface area contributed by atoms with E-state index in [1.807, 2.05) is 39.8 Å². The smallest absolute Gasteiger partial charge is 0.410 e. The average Bonchev–Trinajstić information content (AvgIpc) is 2.65. The Balaban J connectivity index is 1.73. The molecule has 0 aromatic heterocycles. The predicted molar refractivity (Wildman–Crippen MR) is 109 cm³/mol. The van der Waals surface area contributed by atoms with Gasteiger partial charge in [-0.1, -0.05) is 23.7 Å². The van der Waals surface area contributed by atoms with E-state index in [-0.39, 0.29) is 30.6 Å². The molecule has 29 heavy (non-hydrogen) atoms. The van der Waals surface area contributed by atoms with Gasteiger partial charge in [0.05, 0.1) is 12.0 Å². The molecule has 1 heterocycles. The van der Waals surface area contributed by atoms with Gasteiger partial charge < -0.3 is 19.7 Å². The number of piperidine rings is 1. The van der Waals surface area contributed by atoms with Gasteiger partial charge in [-0.25, -0.2) is 4.79 Å². The highest BCUT2D eigenvalue weighted by molar-refractivity contribution is 6.30.